The summed E-state index contributed by atoms with van der Waals surface area (Å²) in [7, 11) is 3.78. The van der Waals surface area contributed by atoms with Gasteiger partial charge in [-0.3, -0.25) is 0 Å². The SMILES string of the molecule is CN(C)c1ccnc(Nc2ccc(F)cn2)n1. The van der Waals surface area contributed by atoms with E-state index in [4.69, 9.17) is 0 Å². The first-order chi connectivity index (χ1) is 8.15. The molecule has 88 valence electrons. The highest BCUT2D eigenvalue weighted by atomic mass is 19.1. The molecule has 17 heavy (non-hydrogen) atoms. The van der Waals surface area contributed by atoms with E-state index in [9.17, 15) is 4.39 Å². The minimum atomic E-state index is -0.376. The predicted octanol–water partition coefficient (Wildman–Crippen LogP) is 1.82. The Morgan fingerprint density at radius 2 is 2.00 bits per heavy atom. The third-order valence-electron chi connectivity index (χ3n) is 2.07. The van der Waals surface area contributed by atoms with E-state index in [0.717, 1.165) is 12.0 Å². The predicted molar refractivity (Wildman–Crippen MR) is 63.8 cm³/mol. The molecular formula is C11H12FN5. The molecule has 0 atom stereocenters. The van der Waals surface area contributed by atoms with Gasteiger partial charge in [0.25, 0.3) is 0 Å². The van der Waals surface area contributed by atoms with Crippen LogP contribution in [0.15, 0.2) is 30.6 Å². The van der Waals surface area contributed by atoms with Gasteiger partial charge < -0.3 is 10.2 Å². The van der Waals surface area contributed by atoms with Crippen LogP contribution < -0.4 is 10.2 Å². The molecule has 2 heterocycles. The van der Waals surface area contributed by atoms with E-state index in [2.05, 4.69) is 20.3 Å². The molecule has 6 heteroatoms. The zero-order valence-corrected chi connectivity index (χ0v) is 9.55. The molecule has 2 rings (SSSR count). The Balaban J connectivity index is 2.18. The third-order valence-corrected chi connectivity index (χ3v) is 2.07. The zero-order chi connectivity index (χ0) is 12.3. The number of hydrogen-bond donors (Lipinski definition) is 1. The van der Waals surface area contributed by atoms with Gasteiger partial charge in [0.15, 0.2) is 0 Å². The van der Waals surface area contributed by atoms with Crippen molar-refractivity contribution in [2.45, 2.75) is 0 Å². The Morgan fingerprint density at radius 3 is 2.65 bits per heavy atom. The van der Waals surface area contributed by atoms with Gasteiger partial charge in [-0.15, -0.1) is 0 Å². The quantitative estimate of drug-likeness (QED) is 0.876. The lowest BCUT2D eigenvalue weighted by atomic mass is 10.4. The molecule has 0 radical (unpaired) electrons. The van der Waals surface area contributed by atoms with Crippen molar-refractivity contribution in [3.63, 3.8) is 0 Å². The second-order valence-electron chi connectivity index (χ2n) is 3.62. The third kappa shape index (κ3) is 2.87. The van der Waals surface area contributed by atoms with Crippen LogP contribution in [-0.4, -0.2) is 29.0 Å². The Labute approximate surface area is 98.4 Å². The first kappa shape index (κ1) is 11.3. The number of pyridine rings is 1. The molecule has 0 aliphatic heterocycles. The monoisotopic (exact) mass is 233 g/mol. The molecule has 0 unspecified atom stereocenters. The maximum atomic E-state index is 12.7. The summed E-state index contributed by atoms with van der Waals surface area (Å²) in [5.74, 6) is 1.33. The van der Waals surface area contributed by atoms with Crippen LogP contribution in [0.5, 0.6) is 0 Å². The lowest BCUT2D eigenvalue weighted by molar-refractivity contribution is 0.622. The first-order valence-corrected chi connectivity index (χ1v) is 5.04. The average Bonchev–Trinajstić information content (AvgIpc) is 2.32. The van der Waals surface area contributed by atoms with E-state index in [1.165, 1.54) is 12.1 Å². The summed E-state index contributed by atoms with van der Waals surface area (Å²) in [6.07, 6.45) is 2.78. The minimum absolute atomic E-state index is 0.376. The van der Waals surface area contributed by atoms with E-state index >= 15 is 0 Å². The number of rotatable bonds is 3. The van der Waals surface area contributed by atoms with Gasteiger partial charge in [-0.1, -0.05) is 0 Å². The highest BCUT2D eigenvalue weighted by Crippen LogP contribution is 2.13. The smallest absolute Gasteiger partial charge is 0.230 e. The number of hydrogen-bond acceptors (Lipinski definition) is 5. The Morgan fingerprint density at radius 1 is 1.18 bits per heavy atom. The van der Waals surface area contributed by atoms with Gasteiger partial charge in [-0.2, -0.15) is 4.98 Å². The molecule has 2 aromatic rings. The van der Waals surface area contributed by atoms with Crippen LogP contribution in [0.25, 0.3) is 0 Å². The molecule has 0 saturated heterocycles. The van der Waals surface area contributed by atoms with Crippen molar-refractivity contribution in [1.82, 2.24) is 15.0 Å². The zero-order valence-electron chi connectivity index (χ0n) is 9.55. The lowest BCUT2D eigenvalue weighted by Gasteiger charge is -2.11. The summed E-state index contributed by atoms with van der Waals surface area (Å²) < 4.78 is 12.7. The Kier molecular flexibility index (Phi) is 3.13. The molecule has 1 N–H and O–H groups in total. The van der Waals surface area contributed by atoms with Crippen molar-refractivity contribution in [1.29, 1.82) is 0 Å². The van der Waals surface area contributed by atoms with Crippen LogP contribution in [-0.2, 0) is 0 Å². The van der Waals surface area contributed by atoms with Crippen LogP contribution in [0.3, 0.4) is 0 Å². The van der Waals surface area contributed by atoms with Crippen molar-refractivity contribution < 1.29 is 4.39 Å². The standard InChI is InChI=1S/C11H12FN5/c1-17(2)10-5-6-13-11(16-10)15-9-4-3-8(12)7-14-9/h3-7H,1-2H3,(H,13,14,15,16). The topological polar surface area (TPSA) is 53.9 Å². The van der Waals surface area contributed by atoms with Crippen LogP contribution in [0.1, 0.15) is 0 Å². The van der Waals surface area contributed by atoms with Crippen molar-refractivity contribution >= 4 is 17.6 Å². The van der Waals surface area contributed by atoms with Crippen molar-refractivity contribution in [2.75, 3.05) is 24.3 Å². The number of nitrogens with zero attached hydrogens (tertiary/aromatic N) is 4. The summed E-state index contributed by atoms with van der Waals surface area (Å²) in [5.41, 5.74) is 0. The molecule has 0 aliphatic carbocycles. The molecular weight excluding hydrogens is 221 g/mol. The van der Waals surface area contributed by atoms with Crippen LogP contribution in [0.2, 0.25) is 0 Å². The minimum Gasteiger partial charge on any atom is -0.363 e. The summed E-state index contributed by atoms with van der Waals surface area (Å²) in [4.78, 5) is 14.1. The summed E-state index contributed by atoms with van der Waals surface area (Å²) in [6.45, 7) is 0. The molecule has 0 fully saturated rings. The van der Waals surface area contributed by atoms with Crippen molar-refractivity contribution in [2.24, 2.45) is 0 Å². The number of aromatic nitrogens is 3. The van der Waals surface area contributed by atoms with E-state index in [1.807, 2.05) is 19.0 Å². The van der Waals surface area contributed by atoms with Gasteiger partial charge in [-0.25, -0.2) is 14.4 Å². The lowest BCUT2D eigenvalue weighted by Crippen LogP contribution is -2.11. The van der Waals surface area contributed by atoms with E-state index < -0.39 is 0 Å². The Bertz CT molecular complexity index is 497. The molecule has 0 bridgehead atoms. The van der Waals surface area contributed by atoms with Gasteiger partial charge in [0.05, 0.1) is 6.20 Å². The van der Waals surface area contributed by atoms with Crippen molar-refractivity contribution in [3.05, 3.63) is 36.4 Å². The highest BCUT2D eigenvalue weighted by Gasteiger charge is 2.02. The molecule has 5 nitrogen and oxygen atoms in total. The number of anilines is 3. The summed E-state index contributed by atoms with van der Waals surface area (Å²) >= 11 is 0. The van der Waals surface area contributed by atoms with Gasteiger partial charge >= 0.3 is 0 Å². The molecule has 2 aromatic heterocycles. The number of halogens is 1. The second kappa shape index (κ2) is 4.73. The second-order valence-corrected chi connectivity index (χ2v) is 3.62. The van der Waals surface area contributed by atoms with E-state index in [1.54, 1.807) is 12.3 Å². The highest BCUT2D eigenvalue weighted by molar-refractivity contribution is 5.50. The fourth-order valence-corrected chi connectivity index (χ4v) is 1.22. The van der Waals surface area contributed by atoms with Crippen LogP contribution in [0, 0.1) is 5.82 Å². The van der Waals surface area contributed by atoms with Crippen molar-refractivity contribution in [3.8, 4) is 0 Å². The molecule has 0 aromatic carbocycles. The van der Waals surface area contributed by atoms with Gasteiger partial charge in [-0.05, 0) is 18.2 Å². The maximum Gasteiger partial charge on any atom is 0.230 e. The van der Waals surface area contributed by atoms with Gasteiger partial charge in [0.1, 0.15) is 17.5 Å². The van der Waals surface area contributed by atoms with E-state index in [0.29, 0.717) is 11.8 Å². The fraction of sp³-hybridized carbons (Fsp3) is 0.182. The van der Waals surface area contributed by atoms with Gasteiger partial charge in [0, 0.05) is 20.3 Å². The molecule has 0 aliphatic rings. The summed E-state index contributed by atoms with van der Waals surface area (Å²) in [5, 5.41) is 2.90. The normalized spacial score (nSPS) is 10.1. The average molecular weight is 233 g/mol. The first-order valence-electron chi connectivity index (χ1n) is 5.04. The van der Waals surface area contributed by atoms with Crippen LogP contribution >= 0.6 is 0 Å². The van der Waals surface area contributed by atoms with E-state index in [-0.39, 0.29) is 5.82 Å². The Hall–Kier alpha value is -2.24. The van der Waals surface area contributed by atoms with Crippen LogP contribution in [0.4, 0.5) is 22.0 Å². The molecule has 0 spiro atoms. The maximum absolute atomic E-state index is 12.7. The van der Waals surface area contributed by atoms with Gasteiger partial charge in [0.2, 0.25) is 5.95 Å². The molecule has 0 saturated carbocycles. The summed E-state index contributed by atoms with van der Waals surface area (Å²) in [6, 6.07) is 4.65. The fourth-order valence-electron chi connectivity index (χ4n) is 1.22. The largest absolute Gasteiger partial charge is 0.363 e. The molecule has 0 amide bonds. The number of nitrogens with one attached hydrogen (secondary N) is 1.